The van der Waals surface area contributed by atoms with Crippen LogP contribution >= 0.6 is 0 Å². The first-order chi connectivity index (χ1) is 24.4. The zero-order valence-corrected chi connectivity index (χ0v) is 30.9. The van der Waals surface area contributed by atoms with E-state index in [-0.39, 0.29) is 30.6 Å². The van der Waals surface area contributed by atoms with E-state index in [1.807, 2.05) is 70.3 Å². The molecule has 0 radical (unpaired) electrons. The summed E-state index contributed by atoms with van der Waals surface area (Å²) in [7, 11) is 0. The Hall–Kier alpha value is -4.45. The van der Waals surface area contributed by atoms with Gasteiger partial charge in [0, 0.05) is 35.9 Å². The summed E-state index contributed by atoms with van der Waals surface area (Å²) in [6.07, 6.45) is 12.8. The van der Waals surface area contributed by atoms with Gasteiger partial charge in [0.15, 0.2) is 0 Å². The van der Waals surface area contributed by atoms with Gasteiger partial charge in [-0.05, 0) is 61.3 Å². The highest BCUT2D eigenvalue weighted by Gasteiger charge is 2.33. The topological polar surface area (TPSA) is 201 Å². The molecule has 1 aliphatic rings. The van der Waals surface area contributed by atoms with Crippen LogP contribution < -0.4 is 32.7 Å². The standard InChI is InChI=1S/C39H59N7O5/c1-6-12-31(37(49)45-32(21-27-18-16-24(3)17-19-27)39(51)46-34(35(41)47)25(4)7-2)43-38(50)33(44-36(48)26(5)13-10-11-20-40)22-28-23-42-30-15-9-8-14-29(28)30/h8-9,14-16,18-19,23-26,31-34,42H,6-7,10-13,17,20-22,40H2,1-5H3,(H2,41,47)(H,43,50)(H,44,48)(H,45,49)(H,46,51)/t24?,25-,26-,31-,32?,33?,34-/m0/s1. The van der Waals surface area contributed by atoms with Crippen molar-refractivity contribution in [2.24, 2.45) is 29.2 Å². The second-order valence-electron chi connectivity index (χ2n) is 14.1. The number of nitrogens with one attached hydrogen (secondary N) is 5. The third-order valence-electron chi connectivity index (χ3n) is 9.76. The van der Waals surface area contributed by atoms with Crippen LogP contribution in [0, 0.1) is 17.8 Å². The average molecular weight is 706 g/mol. The van der Waals surface area contributed by atoms with Gasteiger partial charge >= 0.3 is 0 Å². The number of fused-ring (bicyclic) bond motifs is 1. The lowest BCUT2D eigenvalue weighted by Gasteiger charge is -2.28. The highest BCUT2D eigenvalue weighted by molar-refractivity contribution is 5.96. The lowest BCUT2D eigenvalue weighted by Crippen LogP contribution is -2.59. The number of aromatic amines is 1. The van der Waals surface area contributed by atoms with E-state index < -0.39 is 47.8 Å². The number of benzene rings is 1. The molecule has 0 fully saturated rings. The number of carbonyl (C=O) groups is 5. The van der Waals surface area contributed by atoms with Crippen molar-refractivity contribution in [3.8, 4) is 0 Å². The summed E-state index contributed by atoms with van der Waals surface area (Å²) < 4.78 is 0. The first kappa shape index (κ1) is 41.0. The average Bonchev–Trinajstić information content (AvgIpc) is 3.52. The van der Waals surface area contributed by atoms with Crippen molar-refractivity contribution >= 4 is 40.4 Å². The Balaban J connectivity index is 1.85. The van der Waals surface area contributed by atoms with Crippen LogP contribution in [-0.2, 0) is 30.4 Å². The van der Waals surface area contributed by atoms with Gasteiger partial charge in [-0.2, -0.15) is 0 Å². The van der Waals surface area contributed by atoms with Crippen molar-refractivity contribution in [2.75, 3.05) is 6.54 Å². The second-order valence-corrected chi connectivity index (χ2v) is 14.1. The molecular weight excluding hydrogens is 646 g/mol. The summed E-state index contributed by atoms with van der Waals surface area (Å²) in [5.74, 6) is -2.67. The van der Waals surface area contributed by atoms with E-state index in [4.69, 9.17) is 11.5 Å². The summed E-state index contributed by atoms with van der Waals surface area (Å²) >= 11 is 0. The van der Waals surface area contributed by atoms with Gasteiger partial charge in [-0.25, -0.2) is 0 Å². The summed E-state index contributed by atoms with van der Waals surface area (Å²) in [5, 5.41) is 12.4. The molecule has 12 heteroatoms. The van der Waals surface area contributed by atoms with Crippen LogP contribution in [0.4, 0.5) is 0 Å². The number of H-pyrrole nitrogens is 1. The van der Waals surface area contributed by atoms with Crippen molar-refractivity contribution in [2.45, 2.75) is 117 Å². The van der Waals surface area contributed by atoms with Gasteiger partial charge in [0.1, 0.15) is 24.2 Å². The highest BCUT2D eigenvalue weighted by Crippen LogP contribution is 2.21. The molecule has 12 nitrogen and oxygen atoms in total. The third kappa shape index (κ3) is 12.4. The molecule has 3 rings (SSSR count). The van der Waals surface area contributed by atoms with E-state index in [0.717, 1.165) is 41.3 Å². The largest absolute Gasteiger partial charge is 0.368 e. The number of aromatic nitrogens is 1. The molecule has 1 aromatic carbocycles. The second kappa shape index (κ2) is 20.4. The minimum atomic E-state index is -1.03. The molecule has 0 aliphatic heterocycles. The summed E-state index contributed by atoms with van der Waals surface area (Å²) in [4.78, 5) is 70.5. The van der Waals surface area contributed by atoms with E-state index in [1.165, 1.54) is 0 Å². The number of unbranched alkanes of at least 4 members (excludes halogenated alkanes) is 1. The molecule has 0 spiro atoms. The van der Waals surface area contributed by atoms with Gasteiger partial charge in [0.05, 0.1) is 0 Å². The minimum absolute atomic E-state index is 0.195. The fourth-order valence-corrected chi connectivity index (χ4v) is 6.22. The van der Waals surface area contributed by atoms with Crippen molar-refractivity contribution in [3.63, 3.8) is 0 Å². The lowest BCUT2D eigenvalue weighted by molar-refractivity contribution is -0.135. The highest BCUT2D eigenvalue weighted by atomic mass is 16.2. The van der Waals surface area contributed by atoms with Crippen LogP contribution in [-0.4, -0.2) is 65.2 Å². The Morgan fingerprint density at radius 3 is 2.16 bits per heavy atom. The van der Waals surface area contributed by atoms with Crippen LogP contribution in [0.1, 0.15) is 91.5 Å². The van der Waals surface area contributed by atoms with Crippen LogP contribution in [0.5, 0.6) is 0 Å². The smallest absolute Gasteiger partial charge is 0.243 e. The Morgan fingerprint density at radius 1 is 0.863 bits per heavy atom. The summed E-state index contributed by atoms with van der Waals surface area (Å²) in [6.45, 7) is 10.1. The van der Waals surface area contributed by atoms with E-state index in [2.05, 4.69) is 39.3 Å². The first-order valence-electron chi connectivity index (χ1n) is 18.5. The Bertz CT molecular complexity index is 1550. The number of rotatable bonds is 21. The molecule has 1 aromatic heterocycles. The molecule has 2 aromatic rings. The number of amides is 5. The number of hydrogen-bond acceptors (Lipinski definition) is 6. The predicted molar refractivity (Wildman–Crippen MR) is 201 cm³/mol. The van der Waals surface area contributed by atoms with Gasteiger partial charge in [-0.3, -0.25) is 24.0 Å². The SMILES string of the molecule is CCC[C@H](NC(=O)C(Cc1c[nH]c2ccccc12)NC(=O)[C@@H](C)CCCCN)C(=O)NC(CC1=CCC(C)C=C1)C(=O)N[C@H](C(N)=O)[C@@H](C)CC. The molecule has 51 heavy (non-hydrogen) atoms. The van der Waals surface area contributed by atoms with E-state index in [9.17, 15) is 24.0 Å². The number of allylic oxidation sites excluding steroid dienone is 3. The molecule has 7 atom stereocenters. The van der Waals surface area contributed by atoms with Crippen molar-refractivity contribution in [1.82, 2.24) is 26.3 Å². The number of carbonyl (C=O) groups excluding carboxylic acids is 5. The molecule has 5 amide bonds. The van der Waals surface area contributed by atoms with Gasteiger partial charge in [0.25, 0.3) is 0 Å². The first-order valence-corrected chi connectivity index (χ1v) is 18.5. The summed E-state index contributed by atoms with van der Waals surface area (Å²) in [6, 6.07) is 3.83. The number of nitrogens with two attached hydrogens (primary N) is 2. The molecule has 3 unspecified atom stereocenters. The molecular formula is C39H59N7O5. The third-order valence-corrected chi connectivity index (χ3v) is 9.76. The van der Waals surface area contributed by atoms with Gasteiger partial charge in [0.2, 0.25) is 29.5 Å². The molecule has 1 aliphatic carbocycles. The van der Waals surface area contributed by atoms with Crippen LogP contribution in [0.25, 0.3) is 10.9 Å². The van der Waals surface area contributed by atoms with E-state index >= 15 is 0 Å². The monoisotopic (exact) mass is 705 g/mol. The van der Waals surface area contributed by atoms with Gasteiger partial charge in [-0.1, -0.05) is 90.3 Å². The van der Waals surface area contributed by atoms with Crippen LogP contribution in [0.2, 0.25) is 0 Å². The molecule has 0 saturated carbocycles. The Morgan fingerprint density at radius 2 is 1.51 bits per heavy atom. The van der Waals surface area contributed by atoms with E-state index in [0.29, 0.717) is 38.1 Å². The zero-order valence-electron chi connectivity index (χ0n) is 30.9. The van der Waals surface area contributed by atoms with Crippen molar-refractivity contribution in [1.29, 1.82) is 0 Å². The number of para-hydroxylation sites is 1. The molecule has 280 valence electrons. The Labute approximate surface area is 302 Å². The number of primary amides is 1. The summed E-state index contributed by atoms with van der Waals surface area (Å²) in [5.41, 5.74) is 13.9. The maximum Gasteiger partial charge on any atom is 0.243 e. The molecule has 1 heterocycles. The van der Waals surface area contributed by atoms with Crippen LogP contribution in [0.15, 0.2) is 54.3 Å². The minimum Gasteiger partial charge on any atom is -0.368 e. The maximum atomic E-state index is 14.0. The lowest BCUT2D eigenvalue weighted by atomic mass is 9.93. The van der Waals surface area contributed by atoms with Crippen molar-refractivity contribution in [3.05, 3.63) is 59.8 Å². The molecule has 0 bridgehead atoms. The fourth-order valence-electron chi connectivity index (χ4n) is 6.22. The van der Waals surface area contributed by atoms with Gasteiger partial charge < -0.3 is 37.7 Å². The Kier molecular flexibility index (Phi) is 16.4. The van der Waals surface area contributed by atoms with Crippen molar-refractivity contribution < 1.29 is 24.0 Å². The quantitative estimate of drug-likeness (QED) is 0.0966. The normalized spacial score (nSPS) is 17.7. The molecule has 9 N–H and O–H groups in total. The van der Waals surface area contributed by atoms with E-state index in [1.54, 1.807) is 0 Å². The molecule has 0 saturated heterocycles. The van der Waals surface area contributed by atoms with Gasteiger partial charge in [-0.15, -0.1) is 0 Å². The maximum absolute atomic E-state index is 14.0. The zero-order chi connectivity index (χ0) is 37.5. The fraction of sp³-hybridized carbons (Fsp3) is 0.564. The van der Waals surface area contributed by atoms with Crippen LogP contribution in [0.3, 0.4) is 0 Å². The predicted octanol–water partition coefficient (Wildman–Crippen LogP) is 3.66. The number of hydrogen-bond donors (Lipinski definition) is 7.